The Labute approximate surface area is 158 Å². The molecule has 3 rings (SSSR count). The van der Waals surface area contributed by atoms with Crippen LogP contribution in [0.3, 0.4) is 0 Å². The van der Waals surface area contributed by atoms with Gasteiger partial charge in [-0.25, -0.2) is 0 Å². The van der Waals surface area contributed by atoms with E-state index in [4.69, 9.17) is 4.74 Å². The van der Waals surface area contributed by atoms with Gasteiger partial charge in [0.05, 0.1) is 6.04 Å². The molecule has 1 aliphatic heterocycles. The zero-order chi connectivity index (χ0) is 18.2. The van der Waals surface area contributed by atoms with E-state index in [2.05, 4.69) is 65.4 Å². The smallest absolute Gasteiger partial charge is 0.131 e. The predicted octanol–water partition coefficient (Wildman–Crippen LogP) is 4.47. The van der Waals surface area contributed by atoms with Gasteiger partial charge in [0, 0.05) is 10.0 Å². The molecule has 0 saturated carbocycles. The topological polar surface area (TPSA) is 41.5 Å². The molecule has 3 nitrogen and oxygen atoms in total. The van der Waals surface area contributed by atoms with Crippen LogP contribution >= 0.6 is 15.9 Å². The van der Waals surface area contributed by atoms with E-state index in [1.165, 1.54) is 5.56 Å². The Bertz CT molecular complexity index is 758. The van der Waals surface area contributed by atoms with Crippen LogP contribution in [0.4, 0.5) is 0 Å². The Kier molecular flexibility index (Phi) is 5.24. The van der Waals surface area contributed by atoms with Gasteiger partial charge in [0.1, 0.15) is 17.5 Å². The summed E-state index contributed by atoms with van der Waals surface area (Å²) in [4.78, 5) is 0. The lowest BCUT2D eigenvalue weighted by molar-refractivity contribution is -0.0646. The van der Waals surface area contributed by atoms with Crippen LogP contribution in [0.15, 0.2) is 40.9 Å². The van der Waals surface area contributed by atoms with Crippen molar-refractivity contribution < 1.29 is 9.84 Å². The first kappa shape index (κ1) is 18.4. The second kappa shape index (κ2) is 7.10. The molecule has 0 radical (unpaired) electrons. The maximum Gasteiger partial charge on any atom is 0.131 e. The quantitative estimate of drug-likeness (QED) is 0.790. The molecule has 0 saturated heterocycles. The van der Waals surface area contributed by atoms with E-state index >= 15 is 0 Å². The van der Waals surface area contributed by atoms with Crippen LogP contribution in [-0.4, -0.2) is 23.4 Å². The number of aryl methyl sites for hydroxylation is 1. The highest BCUT2D eigenvalue weighted by atomic mass is 79.9. The first-order chi connectivity index (χ1) is 11.8. The summed E-state index contributed by atoms with van der Waals surface area (Å²) in [6.07, 6.45) is 0.302. The fourth-order valence-electron chi connectivity index (χ4n) is 3.54. The highest BCUT2D eigenvalue weighted by Gasteiger charge is 2.43. The molecule has 2 unspecified atom stereocenters. The van der Waals surface area contributed by atoms with Gasteiger partial charge < -0.3 is 15.2 Å². The second-order valence-corrected chi connectivity index (χ2v) is 8.15. The van der Waals surface area contributed by atoms with Gasteiger partial charge in [0.2, 0.25) is 0 Å². The lowest BCUT2D eigenvalue weighted by Crippen LogP contribution is -2.53. The van der Waals surface area contributed by atoms with Gasteiger partial charge in [-0.1, -0.05) is 46.3 Å². The van der Waals surface area contributed by atoms with Crippen LogP contribution in [0, 0.1) is 13.8 Å². The Morgan fingerprint density at radius 2 is 1.88 bits per heavy atom. The number of nitrogens with one attached hydrogen (secondary N) is 1. The summed E-state index contributed by atoms with van der Waals surface area (Å²) in [5.74, 6) is 0.866. The molecule has 1 heterocycles. The van der Waals surface area contributed by atoms with Gasteiger partial charge >= 0.3 is 0 Å². The fraction of sp³-hybridized carbons (Fsp3) is 0.429. The lowest BCUT2D eigenvalue weighted by atomic mass is 9.84. The number of aliphatic hydroxyl groups is 1. The highest BCUT2D eigenvalue weighted by molar-refractivity contribution is 9.10. The van der Waals surface area contributed by atoms with Crippen molar-refractivity contribution in [2.45, 2.75) is 51.9 Å². The summed E-state index contributed by atoms with van der Waals surface area (Å²) in [6, 6.07) is 12.3. The molecule has 0 aromatic heterocycles. The average molecular weight is 404 g/mol. The van der Waals surface area contributed by atoms with E-state index in [9.17, 15) is 5.11 Å². The first-order valence-electron chi connectivity index (χ1n) is 8.75. The summed E-state index contributed by atoms with van der Waals surface area (Å²) < 4.78 is 7.21. The molecule has 2 aromatic rings. The molecular weight excluding hydrogens is 378 g/mol. The minimum Gasteiger partial charge on any atom is -0.485 e. The van der Waals surface area contributed by atoms with Gasteiger partial charge in [-0.2, -0.15) is 0 Å². The van der Waals surface area contributed by atoms with Gasteiger partial charge in [-0.05, 0) is 63.4 Å². The Balaban J connectivity index is 1.88. The SMILES string of the molecule is Cc1cc2c(c(C)c1Br)C(NCCc1ccccc1)C(O)C(C)(C)O2. The van der Waals surface area contributed by atoms with Crippen LogP contribution < -0.4 is 10.1 Å². The van der Waals surface area contributed by atoms with Crippen molar-refractivity contribution in [1.29, 1.82) is 0 Å². The molecule has 0 fully saturated rings. The molecule has 0 bridgehead atoms. The van der Waals surface area contributed by atoms with Crippen LogP contribution in [0.1, 0.15) is 42.1 Å². The number of fused-ring (bicyclic) bond motifs is 1. The van der Waals surface area contributed by atoms with Crippen molar-refractivity contribution in [3.63, 3.8) is 0 Å². The minimum atomic E-state index is -0.635. The van der Waals surface area contributed by atoms with E-state index in [-0.39, 0.29) is 6.04 Å². The number of ether oxygens (including phenoxy) is 1. The van der Waals surface area contributed by atoms with Crippen molar-refractivity contribution in [1.82, 2.24) is 5.32 Å². The van der Waals surface area contributed by atoms with E-state index < -0.39 is 11.7 Å². The third kappa shape index (κ3) is 3.62. The van der Waals surface area contributed by atoms with Gasteiger partial charge in [-0.15, -0.1) is 0 Å². The molecule has 0 spiro atoms. The van der Waals surface area contributed by atoms with E-state index in [0.29, 0.717) is 0 Å². The zero-order valence-electron chi connectivity index (χ0n) is 15.3. The fourth-order valence-corrected chi connectivity index (χ4v) is 3.87. The van der Waals surface area contributed by atoms with Crippen LogP contribution in [-0.2, 0) is 6.42 Å². The largest absolute Gasteiger partial charge is 0.485 e. The maximum atomic E-state index is 10.9. The molecule has 25 heavy (non-hydrogen) atoms. The minimum absolute atomic E-state index is 0.153. The molecule has 2 atom stereocenters. The molecule has 2 N–H and O–H groups in total. The van der Waals surface area contributed by atoms with Gasteiger partial charge in [0.25, 0.3) is 0 Å². The number of benzene rings is 2. The van der Waals surface area contributed by atoms with E-state index in [1.807, 2.05) is 19.9 Å². The lowest BCUT2D eigenvalue weighted by Gasteiger charge is -2.43. The van der Waals surface area contributed by atoms with Crippen molar-refractivity contribution in [2.24, 2.45) is 0 Å². The van der Waals surface area contributed by atoms with Crippen molar-refractivity contribution >= 4 is 15.9 Å². The van der Waals surface area contributed by atoms with Crippen LogP contribution in [0.25, 0.3) is 0 Å². The number of aliphatic hydroxyl groups excluding tert-OH is 1. The second-order valence-electron chi connectivity index (χ2n) is 7.36. The van der Waals surface area contributed by atoms with Gasteiger partial charge in [0.15, 0.2) is 0 Å². The Hall–Kier alpha value is -1.36. The molecule has 2 aromatic carbocycles. The number of hydrogen-bond acceptors (Lipinski definition) is 3. The molecule has 1 aliphatic rings. The van der Waals surface area contributed by atoms with E-state index in [1.54, 1.807) is 0 Å². The van der Waals surface area contributed by atoms with Crippen molar-refractivity contribution in [3.8, 4) is 5.75 Å². The maximum absolute atomic E-state index is 10.9. The monoisotopic (exact) mass is 403 g/mol. The molecule has 0 aliphatic carbocycles. The summed E-state index contributed by atoms with van der Waals surface area (Å²) >= 11 is 3.67. The summed E-state index contributed by atoms with van der Waals surface area (Å²) in [6.45, 7) is 8.83. The highest BCUT2D eigenvalue weighted by Crippen LogP contribution is 2.44. The van der Waals surface area contributed by atoms with Crippen molar-refractivity contribution in [3.05, 3.63) is 63.1 Å². The number of hydrogen-bond donors (Lipinski definition) is 2. The normalized spacial score (nSPS) is 21.5. The average Bonchev–Trinajstić information content (AvgIpc) is 2.57. The third-order valence-electron chi connectivity index (χ3n) is 5.03. The third-order valence-corrected chi connectivity index (χ3v) is 6.25. The number of halogens is 1. The Morgan fingerprint density at radius 3 is 2.56 bits per heavy atom. The summed E-state index contributed by atoms with van der Waals surface area (Å²) in [5, 5.41) is 14.5. The van der Waals surface area contributed by atoms with Gasteiger partial charge in [-0.3, -0.25) is 0 Å². The first-order valence-corrected chi connectivity index (χ1v) is 9.54. The standard InChI is InChI=1S/C21H26BrNO2/c1-13-12-16-17(14(2)18(13)22)19(20(24)21(3,4)25-16)23-11-10-15-8-6-5-7-9-15/h5-9,12,19-20,23-24H,10-11H2,1-4H3. The summed E-state index contributed by atoms with van der Waals surface area (Å²) in [7, 11) is 0. The van der Waals surface area contributed by atoms with E-state index in [0.717, 1.165) is 39.9 Å². The molecule has 4 heteroatoms. The van der Waals surface area contributed by atoms with Crippen LogP contribution in [0.5, 0.6) is 5.75 Å². The molecule has 134 valence electrons. The molecule has 0 amide bonds. The number of rotatable bonds is 4. The Morgan fingerprint density at radius 1 is 1.20 bits per heavy atom. The summed E-state index contributed by atoms with van der Waals surface area (Å²) in [5.41, 5.74) is 3.98. The van der Waals surface area contributed by atoms with Crippen molar-refractivity contribution in [2.75, 3.05) is 6.54 Å². The van der Waals surface area contributed by atoms with Crippen LogP contribution in [0.2, 0.25) is 0 Å². The zero-order valence-corrected chi connectivity index (χ0v) is 16.9. The molecular formula is C21H26BrNO2. The predicted molar refractivity (Wildman–Crippen MR) is 105 cm³/mol.